The highest BCUT2D eigenvalue weighted by Crippen LogP contribution is 2.44. The van der Waals surface area contributed by atoms with Gasteiger partial charge in [0.25, 0.3) is 0 Å². The van der Waals surface area contributed by atoms with E-state index in [1.807, 2.05) is 18.2 Å². The Bertz CT molecular complexity index is 757. The van der Waals surface area contributed by atoms with E-state index in [0.717, 1.165) is 12.0 Å². The van der Waals surface area contributed by atoms with Gasteiger partial charge in [0.1, 0.15) is 0 Å². The van der Waals surface area contributed by atoms with Crippen molar-refractivity contribution in [2.24, 2.45) is 0 Å². The van der Waals surface area contributed by atoms with Gasteiger partial charge in [0.05, 0.1) is 12.0 Å². The maximum atomic E-state index is 11.3. The molecule has 2 atom stereocenters. The number of ether oxygens (including phenoxy) is 1. The molecule has 2 heterocycles. The lowest BCUT2D eigenvalue weighted by Gasteiger charge is -2.27. The van der Waals surface area contributed by atoms with Gasteiger partial charge in [-0.15, -0.1) is 24.8 Å². The van der Waals surface area contributed by atoms with Crippen LogP contribution in [-0.4, -0.2) is 22.6 Å². The van der Waals surface area contributed by atoms with Crippen molar-refractivity contribution in [3.05, 3.63) is 64.0 Å². The second-order valence-electron chi connectivity index (χ2n) is 6.68. The second-order valence-corrected chi connectivity index (χ2v) is 6.68. The molecule has 0 unspecified atom stereocenters. The van der Waals surface area contributed by atoms with Crippen molar-refractivity contribution in [2.75, 3.05) is 7.11 Å². The Kier molecular flexibility index (Phi) is 7.38. The molecule has 0 bridgehead atoms. The fourth-order valence-electron chi connectivity index (χ4n) is 3.57. The maximum absolute atomic E-state index is 11.3. The van der Waals surface area contributed by atoms with Crippen LogP contribution in [0.4, 0.5) is 5.69 Å². The van der Waals surface area contributed by atoms with Crippen LogP contribution in [0, 0.1) is 10.1 Å². The van der Waals surface area contributed by atoms with Gasteiger partial charge in [-0.3, -0.25) is 15.1 Å². The highest BCUT2D eigenvalue weighted by Gasteiger charge is 2.41. The van der Waals surface area contributed by atoms with E-state index >= 15 is 0 Å². The number of nitrogens with zero attached hydrogens (tertiary/aromatic N) is 2. The average molecular weight is 400 g/mol. The standard InChI is InChI=1S/C18H21N3O3.2ClH/c1-18(2)14(12-6-8-19-9-7-12)11-15(20-18)13-4-5-17(24-3)16(10-13)21(22)23;;/h4-10,14-15,20H,11H2,1-3H3;2*1H/t14-,15+;;/m0../s1. The summed E-state index contributed by atoms with van der Waals surface area (Å²) in [5.74, 6) is 0.596. The number of hydrogen-bond acceptors (Lipinski definition) is 5. The Morgan fingerprint density at radius 1 is 1.19 bits per heavy atom. The molecular weight excluding hydrogens is 377 g/mol. The van der Waals surface area contributed by atoms with Gasteiger partial charge in [0.15, 0.2) is 5.75 Å². The number of benzene rings is 1. The second kappa shape index (κ2) is 8.66. The Hall–Kier alpha value is -1.89. The molecule has 0 radical (unpaired) electrons. The minimum atomic E-state index is -0.400. The number of methoxy groups -OCH3 is 1. The van der Waals surface area contributed by atoms with Crippen LogP contribution in [0.3, 0.4) is 0 Å². The molecule has 26 heavy (non-hydrogen) atoms. The van der Waals surface area contributed by atoms with Crippen LogP contribution in [0.1, 0.15) is 43.4 Å². The number of hydrogen-bond donors (Lipinski definition) is 1. The summed E-state index contributed by atoms with van der Waals surface area (Å²) in [6.45, 7) is 4.33. The molecule has 2 aromatic rings. The summed E-state index contributed by atoms with van der Waals surface area (Å²) in [6.07, 6.45) is 4.48. The zero-order chi connectivity index (χ0) is 17.3. The third-order valence-corrected chi connectivity index (χ3v) is 4.80. The molecule has 0 spiro atoms. The van der Waals surface area contributed by atoms with Crippen LogP contribution in [0.5, 0.6) is 5.75 Å². The minimum absolute atomic E-state index is 0. The van der Waals surface area contributed by atoms with Crippen molar-refractivity contribution in [2.45, 2.75) is 37.8 Å². The van der Waals surface area contributed by atoms with E-state index in [1.165, 1.54) is 12.7 Å². The monoisotopic (exact) mass is 399 g/mol. The van der Waals surface area contributed by atoms with Crippen molar-refractivity contribution in [3.8, 4) is 5.75 Å². The van der Waals surface area contributed by atoms with Crippen LogP contribution in [-0.2, 0) is 0 Å². The summed E-state index contributed by atoms with van der Waals surface area (Å²) in [4.78, 5) is 14.9. The fourth-order valence-corrected chi connectivity index (χ4v) is 3.57. The van der Waals surface area contributed by atoms with E-state index in [4.69, 9.17) is 4.74 Å². The van der Waals surface area contributed by atoms with E-state index in [2.05, 4.69) is 24.1 Å². The van der Waals surface area contributed by atoms with Crippen molar-refractivity contribution in [1.82, 2.24) is 10.3 Å². The first-order valence-corrected chi connectivity index (χ1v) is 7.92. The summed E-state index contributed by atoms with van der Waals surface area (Å²) < 4.78 is 5.09. The maximum Gasteiger partial charge on any atom is 0.311 e. The smallest absolute Gasteiger partial charge is 0.311 e. The van der Waals surface area contributed by atoms with Crippen molar-refractivity contribution >= 4 is 30.5 Å². The predicted molar refractivity (Wildman–Crippen MR) is 106 cm³/mol. The number of halogens is 2. The molecule has 1 N–H and O–H groups in total. The Morgan fingerprint density at radius 3 is 2.42 bits per heavy atom. The summed E-state index contributed by atoms with van der Waals surface area (Å²) in [7, 11) is 1.44. The van der Waals surface area contributed by atoms with Gasteiger partial charge in [0.2, 0.25) is 0 Å². The summed E-state index contributed by atoms with van der Waals surface area (Å²) in [5, 5.41) is 14.9. The van der Waals surface area contributed by atoms with Gasteiger partial charge in [-0.1, -0.05) is 6.07 Å². The quantitative estimate of drug-likeness (QED) is 0.607. The first-order chi connectivity index (χ1) is 11.4. The first-order valence-electron chi connectivity index (χ1n) is 7.92. The van der Waals surface area contributed by atoms with Gasteiger partial charge in [-0.05, 0) is 49.6 Å². The largest absolute Gasteiger partial charge is 0.490 e. The SMILES string of the molecule is COc1ccc([C@H]2C[C@@H](c3ccncc3)C(C)(C)N2)cc1[N+](=O)[O-].Cl.Cl. The van der Waals surface area contributed by atoms with Crippen molar-refractivity contribution in [3.63, 3.8) is 0 Å². The molecule has 1 fully saturated rings. The average Bonchev–Trinajstić information content (AvgIpc) is 2.90. The van der Waals surface area contributed by atoms with Crippen LogP contribution < -0.4 is 10.1 Å². The third-order valence-electron chi connectivity index (χ3n) is 4.80. The van der Waals surface area contributed by atoms with E-state index < -0.39 is 4.92 Å². The van der Waals surface area contributed by atoms with Crippen LogP contribution in [0.15, 0.2) is 42.7 Å². The molecule has 0 amide bonds. The first kappa shape index (κ1) is 22.2. The highest BCUT2D eigenvalue weighted by molar-refractivity contribution is 5.85. The Balaban J connectivity index is 0.00000169. The topological polar surface area (TPSA) is 77.3 Å². The number of pyridine rings is 1. The fraction of sp³-hybridized carbons (Fsp3) is 0.389. The zero-order valence-electron chi connectivity index (χ0n) is 14.8. The third kappa shape index (κ3) is 4.26. The van der Waals surface area contributed by atoms with Gasteiger partial charge >= 0.3 is 5.69 Å². The minimum Gasteiger partial charge on any atom is -0.490 e. The van der Waals surface area contributed by atoms with E-state index in [9.17, 15) is 10.1 Å². The van der Waals surface area contributed by atoms with Gasteiger partial charge < -0.3 is 10.1 Å². The number of nitro groups is 1. The highest BCUT2D eigenvalue weighted by atomic mass is 35.5. The lowest BCUT2D eigenvalue weighted by atomic mass is 9.83. The van der Waals surface area contributed by atoms with Crippen molar-refractivity contribution < 1.29 is 9.66 Å². The molecule has 3 rings (SSSR count). The molecule has 0 aliphatic carbocycles. The van der Waals surface area contributed by atoms with Gasteiger partial charge in [-0.2, -0.15) is 0 Å². The molecule has 0 saturated carbocycles. The molecule has 6 nitrogen and oxygen atoms in total. The molecule has 1 aliphatic rings. The number of rotatable bonds is 4. The van der Waals surface area contributed by atoms with E-state index in [-0.39, 0.29) is 47.8 Å². The number of nitrogens with one attached hydrogen (secondary N) is 1. The molecule has 1 aromatic heterocycles. The molecular formula is C18H23Cl2N3O3. The van der Waals surface area contributed by atoms with Crippen LogP contribution in [0.2, 0.25) is 0 Å². The Morgan fingerprint density at radius 2 is 1.85 bits per heavy atom. The van der Waals surface area contributed by atoms with E-state index in [1.54, 1.807) is 24.5 Å². The number of nitro benzene ring substituents is 1. The number of aromatic nitrogens is 1. The predicted octanol–water partition coefficient (Wildman–Crippen LogP) is 4.44. The van der Waals surface area contributed by atoms with Gasteiger partial charge in [-0.25, -0.2) is 0 Å². The summed E-state index contributed by atoms with van der Waals surface area (Å²) >= 11 is 0. The molecule has 142 valence electrons. The van der Waals surface area contributed by atoms with Crippen molar-refractivity contribution in [1.29, 1.82) is 0 Å². The lowest BCUT2D eigenvalue weighted by molar-refractivity contribution is -0.385. The molecule has 8 heteroatoms. The molecule has 1 aliphatic heterocycles. The van der Waals surface area contributed by atoms with Gasteiger partial charge in [0, 0.05) is 36.0 Å². The van der Waals surface area contributed by atoms with Crippen LogP contribution >= 0.6 is 24.8 Å². The molecule has 1 aromatic carbocycles. The summed E-state index contributed by atoms with van der Waals surface area (Å²) in [5.41, 5.74) is 2.03. The van der Waals surface area contributed by atoms with E-state index in [0.29, 0.717) is 5.92 Å². The lowest BCUT2D eigenvalue weighted by Crippen LogP contribution is -2.37. The zero-order valence-corrected chi connectivity index (χ0v) is 16.5. The summed E-state index contributed by atoms with van der Waals surface area (Å²) in [6, 6.07) is 9.31. The Labute approximate surface area is 165 Å². The van der Waals surface area contributed by atoms with Crippen LogP contribution in [0.25, 0.3) is 0 Å². The normalized spacial score (nSPS) is 20.6. The molecule has 1 saturated heterocycles.